The minimum atomic E-state index is -4.60. The van der Waals surface area contributed by atoms with Crippen molar-refractivity contribution in [1.29, 1.82) is 0 Å². The fraction of sp³-hybridized carbons (Fsp3) is 0.289. The topological polar surface area (TPSA) is 187 Å². The summed E-state index contributed by atoms with van der Waals surface area (Å²) in [5.74, 6) is -0.112. The van der Waals surface area contributed by atoms with Crippen molar-refractivity contribution >= 4 is 61.1 Å². The van der Waals surface area contributed by atoms with E-state index in [1.165, 1.54) is 47.3 Å². The summed E-state index contributed by atoms with van der Waals surface area (Å²) in [6.45, 7) is 4.92. The van der Waals surface area contributed by atoms with Gasteiger partial charge in [0, 0.05) is 53.9 Å². The standard InChI is InChI=1S/C45H43ClN6O9S/c46-34-4-1-30(2-5-34)39-22-45(27-59-28-45)13-9-33(39)25-51-15-11-29(12-16-51)31-3-7-38(42(20-31)61-35-19-32-10-14-47-43(32)49-23-35)44(53)50-62(56,57)37-6-8-40(41(21-37)52(54)55)48-24-36-26-58-17-18-60-36/h1-8,10-11,14,19-21,23-24,48H,9,12-13,15-18,22,25-28H2,(H,47,49)(H,50,53)/b36-24+. The molecule has 0 atom stereocenters. The molecule has 2 fully saturated rings. The molecule has 17 heteroatoms. The Kier molecular flexibility index (Phi) is 11.6. The molecule has 1 amide bonds. The summed E-state index contributed by atoms with van der Waals surface area (Å²) in [6.07, 6.45) is 10.7. The van der Waals surface area contributed by atoms with Gasteiger partial charge in [0.05, 0.1) is 41.4 Å². The van der Waals surface area contributed by atoms with Crippen molar-refractivity contribution in [3.63, 3.8) is 0 Å². The molecule has 3 N–H and O–H groups in total. The molecule has 9 rings (SSSR count). The smallest absolute Gasteiger partial charge is 0.294 e. The second-order valence-corrected chi connectivity index (χ2v) is 18.0. The van der Waals surface area contributed by atoms with E-state index in [1.807, 2.05) is 18.2 Å². The Morgan fingerprint density at radius 1 is 1.03 bits per heavy atom. The van der Waals surface area contributed by atoms with Crippen LogP contribution in [-0.4, -0.2) is 86.8 Å². The lowest BCUT2D eigenvalue weighted by atomic mass is 9.68. The second-order valence-electron chi connectivity index (χ2n) is 15.9. The van der Waals surface area contributed by atoms with Gasteiger partial charge in [-0.3, -0.25) is 19.8 Å². The third-order valence-electron chi connectivity index (χ3n) is 11.7. The van der Waals surface area contributed by atoms with E-state index in [0.717, 1.165) is 74.6 Å². The lowest BCUT2D eigenvalue weighted by Crippen LogP contribution is -2.45. The van der Waals surface area contributed by atoms with Crippen molar-refractivity contribution in [2.75, 3.05) is 58.0 Å². The van der Waals surface area contributed by atoms with Crippen LogP contribution in [0.25, 0.3) is 22.2 Å². The quantitative estimate of drug-likeness (QED) is 0.0809. The highest BCUT2D eigenvalue weighted by Gasteiger charge is 2.42. The third-order valence-corrected chi connectivity index (χ3v) is 13.3. The number of benzene rings is 3. The number of allylic oxidation sites excluding steroid dienone is 1. The predicted octanol–water partition coefficient (Wildman–Crippen LogP) is 8.08. The lowest BCUT2D eigenvalue weighted by Gasteiger charge is -2.46. The van der Waals surface area contributed by atoms with Gasteiger partial charge in [-0.1, -0.05) is 41.4 Å². The van der Waals surface area contributed by atoms with Gasteiger partial charge in [-0.25, -0.2) is 18.1 Å². The Hall–Kier alpha value is -6.04. The van der Waals surface area contributed by atoms with Crippen LogP contribution in [-0.2, 0) is 24.2 Å². The Bertz CT molecular complexity index is 2760. The highest BCUT2D eigenvalue weighted by atomic mass is 35.5. The highest BCUT2D eigenvalue weighted by molar-refractivity contribution is 7.90. The van der Waals surface area contributed by atoms with Crippen LogP contribution in [0.5, 0.6) is 11.5 Å². The van der Waals surface area contributed by atoms with E-state index in [0.29, 0.717) is 41.9 Å². The molecule has 3 aromatic carbocycles. The van der Waals surface area contributed by atoms with Gasteiger partial charge in [-0.2, -0.15) is 0 Å². The number of nitro benzene ring substituents is 1. The number of rotatable bonds is 12. The number of halogens is 1. The normalized spacial score (nSPS) is 18.5. The molecule has 15 nitrogen and oxygen atoms in total. The number of aromatic amines is 1. The zero-order chi connectivity index (χ0) is 42.8. The number of ether oxygens (including phenoxy) is 4. The molecule has 2 aromatic heterocycles. The van der Waals surface area contributed by atoms with E-state index in [-0.39, 0.29) is 29.0 Å². The summed E-state index contributed by atoms with van der Waals surface area (Å²) in [6, 6.07) is 20.0. The van der Waals surface area contributed by atoms with Crippen molar-refractivity contribution < 1.29 is 37.1 Å². The van der Waals surface area contributed by atoms with Crippen LogP contribution >= 0.6 is 11.6 Å². The van der Waals surface area contributed by atoms with Gasteiger partial charge in [-0.15, -0.1) is 0 Å². The van der Waals surface area contributed by atoms with E-state index < -0.39 is 31.4 Å². The van der Waals surface area contributed by atoms with E-state index in [2.05, 4.69) is 43.1 Å². The zero-order valence-corrected chi connectivity index (χ0v) is 35.1. The van der Waals surface area contributed by atoms with Gasteiger partial charge in [0.25, 0.3) is 21.6 Å². The second kappa shape index (κ2) is 17.4. The molecule has 320 valence electrons. The minimum Gasteiger partial charge on any atom is -0.492 e. The number of carbonyl (C=O) groups excluding carboxylic acids is 1. The number of nitrogens with one attached hydrogen (secondary N) is 3. The maximum absolute atomic E-state index is 13.9. The van der Waals surface area contributed by atoms with Gasteiger partial charge in [-0.05, 0) is 96.5 Å². The summed E-state index contributed by atoms with van der Waals surface area (Å²) >= 11 is 6.25. The Morgan fingerprint density at radius 3 is 2.61 bits per heavy atom. The maximum Gasteiger partial charge on any atom is 0.294 e. The summed E-state index contributed by atoms with van der Waals surface area (Å²) < 4.78 is 52.1. The van der Waals surface area contributed by atoms with E-state index in [1.54, 1.807) is 24.4 Å². The van der Waals surface area contributed by atoms with Crippen molar-refractivity contribution in [2.45, 2.75) is 30.6 Å². The molecule has 4 aliphatic rings. The number of hydrogen-bond donors (Lipinski definition) is 3. The molecule has 5 heterocycles. The molecule has 1 spiro atoms. The molecule has 2 saturated heterocycles. The number of carbonyl (C=O) groups is 1. The summed E-state index contributed by atoms with van der Waals surface area (Å²) in [7, 11) is -4.60. The average molecular weight is 879 g/mol. The molecule has 62 heavy (non-hydrogen) atoms. The highest BCUT2D eigenvalue weighted by Crippen LogP contribution is 2.48. The molecule has 0 saturated carbocycles. The van der Waals surface area contributed by atoms with Gasteiger partial charge in [0.1, 0.15) is 41.8 Å². The van der Waals surface area contributed by atoms with Gasteiger partial charge in [0.15, 0.2) is 0 Å². The lowest BCUT2D eigenvalue weighted by molar-refractivity contribution is -0.384. The van der Waals surface area contributed by atoms with Gasteiger partial charge >= 0.3 is 0 Å². The third kappa shape index (κ3) is 8.96. The zero-order valence-electron chi connectivity index (χ0n) is 33.5. The largest absolute Gasteiger partial charge is 0.492 e. The molecule has 0 bridgehead atoms. The number of sulfonamides is 1. The van der Waals surface area contributed by atoms with Crippen molar-refractivity contribution in [3.05, 3.63) is 141 Å². The fourth-order valence-electron chi connectivity index (χ4n) is 8.28. The number of fused-ring (bicyclic) bond motifs is 1. The number of nitro groups is 1. The molecular formula is C45H43ClN6O9S. The minimum absolute atomic E-state index is 0.0209. The van der Waals surface area contributed by atoms with Crippen LogP contribution in [0, 0.1) is 15.5 Å². The summed E-state index contributed by atoms with van der Waals surface area (Å²) in [5.41, 5.74) is 6.21. The molecule has 1 aliphatic carbocycles. The number of amides is 1. The number of anilines is 1. The van der Waals surface area contributed by atoms with E-state index in [9.17, 15) is 23.3 Å². The molecular weight excluding hydrogens is 836 g/mol. The first kappa shape index (κ1) is 41.3. The number of hydrogen-bond acceptors (Lipinski definition) is 12. The Morgan fingerprint density at radius 2 is 1.87 bits per heavy atom. The number of H-pyrrole nitrogens is 1. The van der Waals surface area contributed by atoms with Crippen LogP contribution in [0.2, 0.25) is 5.02 Å². The van der Waals surface area contributed by atoms with Crippen LogP contribution < -0.4 is 14.8 Å². The molecule has 0 radical (unpaired) electrons. The van der Waals surface area contributed by atoms with Crippen molar-refractivity contribution in [1.82, 2.24) is 19.6 Å². The SMILES string of the molecule is O=C(NS(=O)(=O)c1ccc(N/C=C2\COCCO2)c([N+](=O)[O-])c1)c1ccc(C2=CCN(CC3=C(c4ccc(Cl)cc4)CC4(CC3)COC4)CC2)cc1Oc1cnc2[nH]ccc2c1. The number of nitrogens with zero attached hydrogens (tertiary/aromatic N) is 3. The fourth-order valence-corrected chi connectivity index (χ4v) is 9.39. The number of aromatic nitrogens is 2. The van der Waals surface area contributed by atoms with Crippen molar-refractivity contribution in [3.8, 4) is 11.5 Å². The average Bonchev–Trinajstić information content (AvgIpc) is 3.74. The monoisotopic (exact) mass is 878 g/mol. The summed E-state index contributed by atoms with van der Waals surface area (Å²) in [4.78, 5) is 34.6. The van der Waals surface area contributed by atoms with E-state index >= 15 is 0 Å². The first-order valence-electron chi connectivity index (χ1n) is 20.2. The van der Waals surface area contributed by atoms with Crippen LogP contribution in [0.1, 0.15) is 47.2 Å². The van der Waals surface area contributed by atoms with E-state index in [4.69, 9.17) is 30.5 Å². The molecule has 0 unspecified atom stereocenters. The number of pyridine rings is 1. The van der Waals surface area contributed by atoms with Crippen LogP contribution in [0.3, 0.4) is 0 Å². The van der Waals surface area contributed by atoms with Crippen LogP contribution in [0.15, 0.2) is 114 Å². The Labute approximate surface area is 362 Å². The molecule has 3 aliphatic heterocycles. The van der Waals surface area contributed by atoms with Crippen LogP contribution in [0.4, 0.5) is 11.4 Å². The first-order chi connectivity index (χ1) is 30.0. The van der Waals surface area contributed by atoms with Gasteiger partial charge < -0.3 is 29.2 Å². The Balaban J connectivity index is 0.956. The maximum atomic E-state index is 13.9. The van der Waals surface area contributed by atoms with Gasteiger partial charge in [0.2, 0.25) is 0 Å². The van der Waals surface area contributed by atoms with Crippen molar-refractivity contribution in [2.24, 2.45) is 5.41 Å². The first-order valence-corrected chi connectivity index (χ1v) is 22.1. The summed E-state index contributed by atoms with van der Waals surface area (Å²) in [5, 5.41) is 16.3. The molecule has 5 aromatic rings. The predicted molar refractivity (Wildman–Crippen MR) is 233 cm³/mol.